The molecule has 0 aliphatic rings. The molecule has 0 saturated carbocycles. The Balaban J connectivity index is 3.27. The van der Waals surface area contributed by atoms with Crippen LogP contribution in [0.2, 0.25) is 0 Å². The Bertz CT molecular complexity index is 587. The van der Waals surface area contributed by atoms with Crippen molar-refractivity contribution in [2.75, 3.05) is 19.4 Å². The molecule has 1 amide bonds. The molecule has 1 aromatic carbocycles. The zero-order valence-corrected chi connectivity index (χ0v) is 10.4. The highest BCUT2D eigenvalue weighted by Gasteiger charge is 2.14. The fraction of sp³-hybridized carbons (Fsp3) is 0.167. The Morgan fingerprint density at radius 1 is 1.47 bits per heavy atom. The largest absolute Gasteiger partial charge is 0.383 e. The van der Waals surface area contributed by atoms with Crippen LogP contribution in [0.3, 0.4) is 0 Å². The normalized spacial score (nSPS) is 10.5. The Morgan fingerprint density at radius 2 is 2.16 bits per heavy atom. The Hall–Kier alpha value is -2.88. The lowest BCUT2D eigenvalue weighted by atomic mass is 10.1. The lowest BCUT2D eigenvalue weighted by Crippen LogP contribution is -2.19. The third-order valence-corrected chi connectivity index (χ3v) is 2.39. The van der Waals surface area contributed by atoms with E-state index >= 15 is 0 Å². The number of benzene rings is 1. The number of rotatable bonds is 4. The molecule has 0 atom stereocenters. The summed E-state index contributed by atoms with van der Waals surface area (Å²) in [4.78, 5) is 21.7. The minimum Gasteiger partial charge on any atom is -0.383 e. The molecule has 0 saturated heterocycles. The number of nitriles is 1. The monoisotopic (exact) mass is 260 g/mol. The highest BCUT2D eigenvalue weighted by molar-refractivity contribution is 6.01. The van der Waals surface area contributed by atoms with E-state index in [0.717, 1.165) is 0 Å². The number of carbonyl (C=O) groups is 1. The average molecular weight is 260 g/mol. The van der Waals surface area contributed by atoms with Crippen LogP contribution in [0.4, 0.5) is 11.4 Å². The number of likely N-dealkylation sites (N-methyl/N-ethyl adjacent to an activating group) is 1. The molecule has 0 fully saturated rings. The van der Waals surface area contributed by atoms with Crippen LogP contribution in [-0.2, 0) is 4.79 Å². The molecule has 0 unspecified atom stereocenters. The van der Waals surface area contributed by atoms with Gasteiger partial charge in [-0.3, -0.25) is 14.9 Å². The van der Waals surface area contributed by atoms with Crippen LogP contribution in [0, 0.1) is 21.4 Å². The van der Waals surface area contributed by atoms with Gasteiger partial charge in [0.05, 0.1) is 4.92 Å². The highest BCUT2D eigenvalue weighted by Crippen LogP contribution is 2.25. The number of hydrogen-bond donors (Lipinski definition) is 2. The number of nitro groups is 1. The maximum Gasteiger partial charge on any atom is 0.292 e. The molecule has 0 aliphatic heterocycles. The van der Waals surface area contributed by atoms with Crippen LogP contribution >= 0.6 is 0 Å². The van der Waals surface area contributed by atoms with Crippen molar-refractivity contribution in [3.8, 4) is 6.07 Å². The summed E-state index contributed by atoms with van der Waals surface area (Å²) in [7, 11) is 2.98. The number of nitro benzene ring substituents is 1. The first-order valence-electron chi connectivity index (χ1n) is 5.33. The van der Waals surface area contributed by atoms with E-state index in [9.17, 15) is 14.9 Å². The van der Waals surface area contributed by atoms with E-state index in [1.54, 1.807) is 19.2 Å². The van der Waals surface area contributed by atoms with Gasteiger partial charge in [-0.05, 0) is 17.7 Å². The summed E-state index contributed by atoms with van der Waals surface area (Å²) in [5.74, 6) is -0.539. The first-order chi connectivity index (χ1) is 9.03. The van der Waals surface area contributed by atoms with E-state index in [4.69, 9.17) is 5.26 Å². The number of anilines is 1. The van der Waals surface area contributed by atoms with Crippen molar-refractivity contribution in [2.24, 2.45) is 0 Å². The lowest BCUT2D eigenvalue weighted by molar-refractivity contribution is -0.384. The van der Waals surface area contributed by atoms with Crippen LogP contribution in [0.5, 0.6) is 0 Å². The highest BCUT2D eigenvalue weighted by atomic mass is 16.6. The molecule has 98 valence electrons. The first kappa shape index (κ1) is 14.2. The summed E-state index contributed by atoms with van der Waals surface area (Å²) in [6.45, 7) is 0. The summed E-state index contributed by atoms with van der Waals surface area (Å²) < 4.78 is 0. The molecule has 1 rings (SSSR count). The lowest BCUT2D eigenvalue weighted by Gasteiger charge is -2.03. The molecular formula is C12H12N4O3. The fourth-order valence-electron chi connectivity index (χ4n) is 1.45. The van der Waals surface area contributed by atoms with Crippen molar-refractivity contribution < 1.29 is 9.72 Å². The topological polar surface area (TPSA) is 108 Å². The van der Waals surface area contributed by atoms with E-state index in [2.05, 4.69) is 10.6 Å². The van der Waals surface area contributed by atoms with Crippen LogP contribution in [-0.4, -0.2) is 24.9 Å². The van der Waals surface area contributed by atoms with Gasteiger partial charge in [0.2, 0.25) is 0 Å². The minimum absolute atomic E-state index is 0.117. The number of carbonyl (C=O) groups excluding carboxylic acids is 1. The van der Waals surface area contributed by atoms with Crippen molar-refractivity contribution in [2.45, 2.75) is 0 Å². The molecule has 7 nitrogen and oxygen atoms in total. The van der Waals surface area contributed by atoms with Gasteiger partial charge in [0.1, 0.15) is 17.3 Å². The van der Waals surface area contributed by atoms with Gasteiger partial charge in [-0.25, -0.2) is 0 Å². The molecule has 0 spiro atoms. The second-order valence-electron chi connectivity index (χ2n) is 3.53. The van der Waals surface area contributed by atoms with E-state index in [-0.39, 0.29) is 11.3 Å². The average Bonchev–Trinajstić information content (AvgIpc) is 2.43. The van der Waals surface area contributed by atoms with Crippen molar-refractivity contribution in [3.63, 3.8) is 0 Å². The Labute approximate surface area is 109 Å². The maximum atomic E-state index is 11.3. The SMILES string of the molecule is CNC(=O)/C(C#N)=C/c1ccc(NC)c([N+](=O)[O-])c1. The standard InChI is InChI=1S/C12H12N4O3/c1-14-10-4-3-8(6-11(10)16(18)19)5-9(7-13)12(17)15-2/h3-6,14H,1-2H3,(H,15,17)/b9-5+. The van der Waals surface area contributed by atoms with Crippen molar-refractivity contribution in [1.82, 2.24) is 5.32 Å². The summed E-state index contributed by atoms with van der Waals surface area (Å²) >= 11 is 0. The maximum absolute atomic E-state index is 11.3. The second kappa shape index (κ2) is 6.16. The predicted molar refractivity (Wildman–Crippen MR) is 70.3 cm³/mol. The number of nitrogens with one attached hydrogen (secondary N) is 2. The second-order valence-corrected chi connectivity index (χ2v) is 3.53. The zero-order chi connectivity index (χ0) is 14.4. The van der Waals surface area contributed by atoms with E-state index in [1.807, 2.05) is 0 Å². The van der Waals surface area contributed by atoms with Gasteiger partial charge < -0.3 is 10.6 Å². The van der Waals surface area contributed by atoms with Gasteiger partial charge in [0, 0.05) is 20.2 Å². The Morgan fingerprint density at radius 3 is 2.63 bits per heavy atom. The Kier molecular flexibility index (Phi) is 4.60. The molecule has 1 aromatic rings. The van der Waals surface area contributed by atoms with Crippen LogP contribution < -0.4 is 10.6 Å². The third-order valence-electron chi connectivity index (χ3n) is 2.39. The molecule has 2 N–H and O–H groups in total. The van der Waals surface area contributed by atoms with Gasteiger partial charge in [-0.2, -0.15) is 5.26 Å². The van der Waals surface area contributed by atoms with Gasteiger partial charge in [-0.15, -0.1) is 0 Å². The summed E-state index contributed by atoms with van der Waals surface area (Å²) in [6, 6.07) is 6.14. The van der Waals surface area contributed by atoms with Gasteiger partial charge in [0.15, 0.2) is 0 Å². The summed E-state index contributed by atoms with van der Waals surface area (Å²) in [6.07, 6.45) is 1.30. The summed E-state index contributed by atoms with van der Waals surface area (Å²) in [5, 5.41) is 24.7. The smallest absolute Gasteiger partial charge is 0.292 e. The van der Waals surface area contributed by atoms with Gasteiger partial charge >= 0.3 is 0 Å². The minimum atomic E-state index is -0.539. The number of amides is 1. The molecule has 0 aliphatic carbocycles. The molecular weight excluding hydrogens is 248 g/mol. The van der Waals surface area contributed by atoms with Crippen molar-refractivity contribution in [3.05, 3.63) is 39.4 Å². The van der Waals surface area contributed by atoms with Crippen LogP contribution in [0.15, 0.2) is 23.8 Å². The molecule has 0 aromatic heterocycles. The van der Waals surface area contributed by atoms with Gasteiger partial charge in [-0.1, -0.05) is 6.07 Å². The van der Waals surface area contributed by atoms with E-state index in [0.29, 0.717) is 11.3 Å². The van der Waals surface area contributed by atoms with Crippen LogP contribution in [0.1, 0.15) is 5.56 Å². The van der Waals surface area contributed by atoms with E-state index < -0.39 is 10.8 Å². The molecule has 0 radical (unpaired) electrons. The van der Waals surface area contributed by atoms with Crippen LogP contribution in [0.25, 0.3) is 6.08 Å². The first-order valence-corrected chi connectivity index (χ1v) is 5.33. The zero-order valence-electron chi connectivity index (χ0n) is 10.4. The van der Waals surface area contributed by atoms with Gasteiger partial charge in [0.25, 0.3) is 11.6 Å². The molecule has 19 heavy (non-hydrogen) atoms. The molecule has 0 heterocycles. The third kappa shape index (κ3) is 3.29. The van der Waals surface area contributed by atoms with Crippen molar-refractivity contribution >= 4 is 23.4 Å². The van der Waals surface area contributed by atoms with E-state index in [1.165, 1.54) is 25.3 Å². The predicted octanol–water partition coefficient (Wildman–Crippen LogP) is 1.29. The molecule has 0 bridgehead atoms. The molecule has 7 heteroatoms. The number of hydrogen-bond acceptors (Lipinski definition) is 5. The summed E-state index contributed by atoms with van der Waals surface area (Å²) in [5.41, 5.74) is 0.533. The van der Waals surface area contributed by atoms with Crippen molar-refractivity contribution in [1.29, 1.82) is 5.26 Å². The number of nitrogens with zero attached hydrogens (tertiary/aromatic N) is 2. The fourth-order valence-corrected chi connectivity index (χ4v) is 1.45. The quantitative estimate of drug-likeness (QED) is 0.367.